The van der Waals surface area contributed by atoms with Gasteiger partial charge in [0.05, 0.1) is 11.4 Å². The molecule has 112 valence electrons. The molecule has 0 aromatic heterocycles. The zero-order valence-corrected chi connectivity index (χ0v) is 12.5. The minimum atomic E-state index is -3.73. The fourth-order valence-electron chi connectivity index (χ4n) is 1.58. The van der Waals surface area contributed by atoms with E-state index >= 15 is 0 Å². The van der Waals surface area contributed by atoms with E-state index in [1.54, 1.807) is 0 Å². The molecule has 1 N–H and O–H groups in total. The molecule has 0 saturated heterocycles. The molecule has 0 bridgehead atoms. The number of halogens is 1. The van der Waals surface area contributed by atoms with Crippen LogP contribution in [0.3, 0.4) is 0 Å². The number of benzene rings is 1. The first-order chi connectivity index (χ1) is 9.36. The molecule has 1 aromatic carbocycles. The minimum Gasteiger partial charge on any atom is -0.480 e. The highest BCUT2D eigenvalue weighted by Crippen LogP contribution is 2.21. The highest BCUT2D eigenvalue weighted by atomic mass is 35.5. The van der Waals surface area contributed by atoms with Gasteiger partial charge in [0.15, 0.2) is 0 Å². The van der Waals surface area contributed by atoms with Gasteiger partial charge in [0, 0.05) is 18.7 Å². The lowest BCUT2D eigenvalue weighted by molar-refractivity contribution is -0.135. The Kier molecular flexibility index (Phi) is 6.25. The lowest BCUT2D eigenvalue weighted by atomic mass is 10.3. The van der Waals surface area contributed by atoms with Crippen molar-refractivity contribution < 1.29 is 23.1 Å². The van der Waals surface area contributed by atoms with E-state index in [4.69, 9.17) is 21.4 Å². The van der Waals surface area contributed by atoms with Crippen LogP contribution in [-0.2, 0) is 19.6 Å². The van der Waals surface area contributed by atoms with Crippen molar-refractivity contribution in [2.45, 2.75) is 6.42 Å². The van der Waals surface area contributed by atoms with E-state index < -0.39 is 22.5 Å². The summed E-state index contributed by atoms with van der Waals surface area (Å²) in [4.78, 5) is 10.9. The molecule has 0 heterocycles. The van der Waals surface area contributed by atoms with Gasteiger partial charge in [-0.3, -0.25) is 9.10 Å². The second-order valence-electron chi connectivity index (χ2n) is 4.04. The number of carbonyl (C=O) groups is 1. The molecule has 0 saturated carbocycles. The van der Waals surface area contributed by atoms with Crippen molar-refractivity contribution in [3.05, 3.63) is 29.3 Å². The van der Waals surface area contributed by atoms with Crippen molar-refractivity contribution in [1.82, 2.24) is 0 Å². The predicted molar refractivity (Wildman–Crippen MR) is 76.7 cm³/mol. The van der Waals surface area contributed by atoms with Crippen LogP contribution in [0.1, 0.15) is 6.42 Å². The number of methoxy groups -OCH3 is 1. The van der Waals surface area contributed by atoms with E-state index in [1.807, 2.05) is 0 Å². The third-order valence-electron chi connectivity index (χ3n) is 2.48. The van der Waals surface area contributed by atoms with Gasteiger partial charge in [-0.1, -0.05) is 11.6 Å². The molecule has 0 spiro atoms. The summed E-state index contributed by atoms with van der Waals surface area (Å²) in [6.07, 6.45) is 0.294. The van der Waals surface area contributed by atoms with Gasteiger partial charge in [-0.2, -0.15) is 0 Å². The van der Waals surface area contributed by atoms with Crippen molar-refractivity contribution in [3.8, 4) is 0 Å². The molecule has 0 amide bonds. The molecule has 0 unspecified atom stereocenters. The fraction of sp³-hybridized carbons (Fsp3) is 0.417. The maximum atomic E-state index is 12.2. The van der Waals surface area contributed by atoms with Crippen LogP contribution in [0, 0.1) is 0 Å². The summed E-state index contributed by atoms with van der Waals surface area (Å²) in [5, 5.41) is 9.32. The maximum Gasteiger partial charge on any atom is 0.324 e. The largest absolute Gasteiger partial charge is 0.480 e. The number of carboxylic acid groups (broad SMARTS) is 1. The number of nitrogens with zero attached hydrogens (tertiary/aromatic N) is 1. The Hall–Kier alpha value is -1.31. The van der Waals surface area contributed by atoms with Crippen molar-refractivity contribution in [2.75, 3.05) is 30.3 Å². The summed E-state index contributed by atoms with van der Waals surface area (Å²) in [6.45, 7) is -0.336. The molecule has 0 atom stereocenters. The van der Waals surface area contributed by atoms with Crippen LogP contribution in [-0.4, -0.2) is 45.5 Å². The van der Waals surface area contributed by atoms with Crippen LogP contribution in [0.15, 0.2) is 24.3 Å². The normalized spacial score (nSPS) is 11.3. The van der Waals surface area contributed by atoms with E-state index in [0.29, 0.717) is 18.1 Å². The van der Waals surface area contributed by atoms with Gasteiger partial charge < -0.3 is 9.84 Å². The predicted octanol–water partition coefficient (Wildman–Crippen LogP) is 1.60. The Morgan fingerprint density at radius 3 is 2.45 bits per heavy atom. The van der Waals surface area contributed by atoms with Gasteiger partial charge in [0.2, 0.25) is 10.0 Å². The Morgan fingerprint density at radius 2 is 1.95 bits per heavy atom. The number of hydrogen-bond donors (Lipinski definition) is 1. The van der Waals surface area contributed by atoms with Crippen LogP contribution in [0.4, 0.5) is 5.69 Å². The van der Waals surface area contributed by atoms with Crippen molar-refractivity contribution in [2.24, 2.45) is 0 Å². The molecule has 0 aliphatic rings. The molecule has 0 radical (unpaired) electrons. The first-order valence-corrected chi connectivity index (χ1v) is 7.82. The molecule has 6 nitrogen and oxygen atoms in total. The van der Waals surface area contributed by atoms with E-state index in [1.165, 1.54) is 31.4 Å². The third kappa shape index (κ3) is 4.99. The van der Waals surface area contributed by atoms with Crippen molar-refractivity contribution in [3.63, 3.8) is 0 Å². The number of anilines is 1. The summed E-state index contributed by atoms with van der Waals surface area (Å²) in [7, 11) is -2.25. The smallest absolute Gasteiger partial charge is 0.324 e. The van der Waals surface area contributed by atoms with Crippen LogP contribution < -0.4 is 4.31 Å². The van der Waals surface area contributed by atoms with E-state index in [2.05, 4.69) is 0 Å². The molecule has 0 aliphatic heterocycles. The molecule has 20 heavy (non-hydrogen) atoms. The topological polar surface area (TPSA) is 83.9 Å². The maximum absolute atomic E-state index is 12.2. The molecule has 8 heteroatoms. The number of sulfonamides is 1. The Labute approximate surface area is 123 Å². The van der Waals surface area contributed by atoms with Crippen LogP contribution >= 0.6 is 11.6 Å². The van der Waals surface area contributed by atoms with E-state index in [-0.39, 0.29) is 11.4 Å². The lowest BCUT2D eigenvalue weighted by Crippen LogP contribution is -2.37. The molecular weight excluding hydrogens is 306 g/mol. The first kappa shape index (κ1) is 16.7. The van der Waals surface area contributed by atoms with E-state index in [9.17, 15) is 13.2 Å². The summed E-state index contributed by atoms with van der Waals surface area (Å²) >= 11 is 5.74. The average molecular weight is 322 g/mol. The number of hydrogen-bond acceptors (Lipinski definition) is 4. The number of ether oxygens (including phenoxy) is 1. The van der Waals surface area contributed by atoms with Gasteiger partial charge >= 0.3 is 5.97 Å². The van der Waals surface area contributed by atoms with Gasteiger partial charge in [-0.15, -0.1) is 0 Å². The first-order valence-electron chi connectivity index (χ1n) is 5.83. The summed E-state index contributed by atoms with van der Waals surface area (Å²) in [6, 6.07) is 5.96. The minimum absolute atomic E-state index is 0.184. The van der Waals surface area contributed by atoms with Crippen molar-refractivity contribution in [1.29, 1.82) is 0 Å². The quantitative estimate of drug-likeness (QED) is 0.735. The molecular formula is C12H16ClNO5S. The van der Waals surface area contributed by atoms with Crippen LogP contribution in [0.25, 0.3) is 0 Å². The zero-order valence-electron chi connectivity index (χ0n) is 11.0. The van der Waals surface area contributed by atoms with Crippen LogP contribution in [0.5, 0.6) is 0 Å². The van der Waals surface area contributed by atoms with Gasteiger partial charge in [0.1, 0.15) is 6.54 Å². The zero-order chi connectivity index (χ0) is 15.2. The number of carboxylic acids is 1. The third-order valence-corrected chi connectivity index (χ3v) is 4.55. The summed E-state index contributed by atoms with van der Waals surface area (Å²) < 4.78 is 30.1. The van der Waals surface area contributed by atoms with Crippen LogP contribution in [0.2, 0.25) is 5.02 Å². The number of aliphatic carboxylic acids is 1. The second-order valence-corrected chi connectivity index (χ2v) is 6.49. The highest BCUT2D eigenvalue weighted by molar-refractivity contribution is 7.92. The van der Waals surface area contributed by atoms with Gasteiger partial charge in [-0.25, -0.2) is 8.42 Å². The standard InChI is InChI=1S/C12H16ClNO5S/c1-19-7-2-8-20(17,18)14(9-12(15)16)11-5-3-10(13)4-6-11/h3-6H,2,7-9H2,1H3,(H,15,16). The molecule has 0 aliphatic carbocycles. The lowest BCUT2D eigenvalue weighted by Gasteiger charge is -2.22. The molecule has 1 rings (SSSR count). The SMILES string of the molecule is COCCCS(=O)(=O)N(CC(=O)O)c1ccc(Cl)cc1. The van der Waals surface area contributed by atoms with E-state index in [0.717, 1.165) is 4.31 Å². The monoisotopic (exact) mass is 321 g/mol. The Balaban J connectivity index is 2.99. The molecule has 0 fully saturated rings. The summed E-state index contributed by atoms with van der Waals surface area (Å²) in [5.41, 5.74) is 0.272. The Morgan fingerprint density at radius 1 is 1.35 bits per heavy atom. The Bertz CT molecular complexity index is 543. The molecule has 1 aromatic rings. The highest BCUT2D eigenvalue weighted by Gasteiger charge is 2.24. The number of rotatable bonds is 8. The fourth-order valence-corrected chi connectivity index (χ4v) is 3.16. The van der Waals surface area contributed by atoms with Gasteiger partial charge in [0.25, 0.3) is 0 Å². The van der Waals surface area contributed by atoms with Gasteiger partial charge in [-0.05, 0) is 30.7 Å². The second kappa shape index (κ2) is 7.47. The summed E-state index contributed by atoms with van der Waals surface area (Å²) in [5.74, 6) is -1.41. The average Bonchev–Trinajstić information content (AvgIpc) is 2.37. The van der Waals surface area contributed by atoms with Crippen molar-refractivity contribution >= 4 is 33.3 Å².